The Bertz CT molecular complexity index is 623. The van der Waals surface area contributed by atoms with E-state index in [1.54, 1.807) is 4.90 Å². The van der Waals surface area contributed by atoms with E-state index in [-0.39, 0.29) is 23.4 Å². The molecule has 21 heavy (non-hydrogen) atoms. The maximum absolute atomic E-state index is 12.6. The highest BCUT2D eigenvalue weighted by molar-refractivity contribution is 5.95. The van der Waals surface area contributed by atoms with E-state index in [1.807, 2.05) is 44.2 Å². The van der Waals surface area contributed by atoms with Crippen molar-refractivity contribution in [2.45, 2.75) is 26.4 Å². The van der Waals surface area contributed by atoms with Gasteiger partial charge in [-0.2, -0.15) is 0 Å². The Morgan fingerprint density at radius 3 is 2.29 bits per heavy atom. The predicted octanol–water partition coefficient (Wildman–Crippen LogP) is 3.15. The van der Waals surface area contributed by atoms with Crippen molar-refractivity contribution in [3.8, 4) is 11.5 Å². The van der Waals surface area contributed by atoms with E-state index in [4.69, 9.17) is 0 Å². The lowest BCUT2D eigenvalue weighted by atomic mass is 10.1. The van der Waals surface area contributed by atoms with Gasteiger partial charge in [-0.1, -0.05) is 30.3 Å². The van der Waals surface area contributed by atoms with Crippen LogP contribution in [-0.2, 0) is 6.54 Å². The summed E-state index contributed by atoms with van der Waals surface area (Å²) in [4.78, 5) is 14.3. The molecule has 0 radical (unpaired) electrons. The molecule has 1 amide bonds. The number of hydrogen-bond donors (Lipinski definition) is 2. The first kappa shape index (κ1) is 14.9. The molecule has 110 valence electrons. The molecule has 0 bridgehead atoms. The van der Waals surface area contributed by atoms with E-state index in [0.29, 0.717) is 12.1 Å². The molecule has 0 heterocycles. The maximum atomic E-state index is 12.6. The van der Waals surface area contributed by atoms with Crippen LogP contribution in [0.1, 0.15) is 29.8 Å². The molecule has 0 saturated carbocycles. The topological polar surface area (TPSA) is 60.8 Å². The van der Waals surface area contributed by atoms with Crippen molar-refractivity contribution in [2.24, 2.45) is 0 Å². The first-order chi connectivity index (χ1) is 9.99. The SMILES string of the molecule is CC(C)N(Cc1ccccc1)C(=O)c1ccc(O)c(O)c1. The summed E-state index contributed by atoms with van der Waals surface area (Å²) >= 11 is 0. The normalized spacial score (nSPS) is 10.6. The van der Waals surface area contributed by atoms with Gasteiger partial charge in [0.25, 0.3) is 5.91 Å². The molecule has 0 aliphatic heterocycles. The van der Waals surface area contributed by atoms with Crippen molar-refractivity contribution in [1.82, 2.24) is 4.90 Å². The lowest BCUT2D eigenvalue weighted by Crippen LogP contribution is -2.36. The molecular weight excluding hydrogens is 266 g/mol. The smallest absolute Gasteiger partial charge is 0.254 e. The lowest BCUT2D eigenvalue weighted by molar-refractivity contribution is 0.0690. The van der Waals surface area contributed by atoms with Gasteiger partial charge in [-0.25, -0.2) is 0 Å². The van der Waals surface area contributed by atoms with Crippen LogP contribution < -0.4 is 0 Å². The van der Waals surface area contributed by atoms with Gasteiger partial charge in [-0.05, 0) is 37.6 Å². The van der Waals surface area contributed by atoms with Gasteiger partial charge >= 0.3 is 0 Å². The molecule has 0 aromatic heterocycles. The number of phenolic OH excluding ortho intramolecular Hbond substituents is 2. The quantitative estimate of drug-likeness (QED) is 0.848. The van der Waals surface area contributed by atoms with Gasteiger partial charge < -0.3 is 15.1 Å². The molecule has 2 N–H and O–H groups in total. The van der Waals surface area contributed by atoms with Crippen molar-refractivity contribution in [3.63, 3.8) is 0 Å². The Balaban J connectivity index is 2.25. The zero-order valence-electron chi connectivity index (χ0n) is 12.2. The van der Waals surface area contributed by atoms with Gasteiger partial charge in [0.05, 0.1) is 0 Å². The molecule has 0 atom stereocenters. The molecule has 0 saturated heterocycles. The van der Waals surface area contributed by atoms with Crippen LogP contribution in [0.15, 0.2) is 48.5 Å². The zero-order chi connectivity index (χ0) is 15.4. The number of carbonyl (C=O) groups is 1. The summed E-state index contributed by atoms with van der Waals surface area (Å²) in [5, 5.41) is 18.9. The van der Waals surface area contributed by atoms with Crippen molar-refractivity contribution < 1.29 is 15.0 Å². The van der Waals surface area contributed by atoms with Crippen LogP contribution in [0.2, 0.25) is 0 Å². The Labute approximate surface area is 124 Å². The highest BCUT2D eigenvalue weighted by Gasteiger charge is 2.20. The van der Waals surface area contributed by atoms with E-state index in [0.717, 1.165) is 5.56 Å². The van der Waals surface area contributed by atoms with Crippen molar-refractivity contribution in [3.05, 3.63) is 59.7 Å². The molecular formula is C17H19NO3. The number of carbonyl (C=O) groups excluding carboxylic acids is 1. The Morgan fingerprint density at radius 2 is 1.71 bits per heavy atom. The highest BCUT2D eigenvalue weighted by Crippen LogP contribution is 2.26. The van der Waals surface area contributed by atoms with E-state index in [1.165, 1.54) is 18.2 Å². The molecule has 0 spiro atoms. The summed E-state index contributed by atoms with van der Waals surface area (Å²) in [7, 11) is 0. The molecule has 2 rings (SSSR count). The fourth-order valence-electron chi connectivity index (χ4n) is 2.09. The summed E-state index contributed by atoms with van der Waals surface area (Å²) in [6.07, 6.45) is 0. The van der Waals surface area contributed by atoms with Crippen molar-refractivity contribution in [1.29, 1.82) is 0 Å². The van der Waals surface area contributed by atoms with Crippen LogP contribution in [0.25, 0.3) is 0 Å². The van der Waals surface area contributed by atoms with E-state index in [9.17, 15) is 15.0 Å². The third-order valence-corrected chi connectivity index (χ3v) is 3.30. The first-order valence-corrected chi connectivity index (χ1v) is 6.86. The summed E-state index contributed by atoms with van der Waals surface area (Å²) in [6.45, 7) is 4.39. The molecule has 0 aliphatic carbocycles. The van der Waals surface area contributed by atoms with Gasteiger partial charge in [0.1, 0.15) is 0 Å². The van der Waals surface area contributed by atoms with Crippen LogP contribution in [0.3, 0.4) is 0 Å². The largest absolute Gasteiger partial charge is 0.504 e. The third kappa shape index (κ3) is 3.54. The van der Waals surface area contributed by atoms with Gasteiger partial charge in [-0.3, -0.25) is 4.79 Å². The minimum atomic E-state index is -0.288. The molecule has 2 aromatic carbocycles. The summed E-state index contributed by atoms with van der Waals surface area (Å²) < 4.78 is 0. The van der Waals surface area contributed by atoms with Crippen LogP contribution in [0, 0.1) is 0 Å². The second kappa shape index (κ2) is 6.31. The van der Waals surface area contributed by atoms with E-state index < -0.39 is 0 Å². The number of amides is 1. The maximum Gasteiger partial charge on any atom is 0.254 e. The zero-order valence-corrected chi connectivity index (χ0v) is 12.2. The monoisotopic (exact) mass is 285 g/mol. The van der Waals surface area contributed by atoms with Gasteiger partial charge in [0.2, 0.25) is 0 Å². The van der Waals surface area contributed by atoms with Crippen molar-refractivity contribution >= 4 is 5.91 Å². The third-order valence-electron chi connectivity index (χ3n) is 3.30. The molecule has 0 unspecified atom stereocenters. The van der Waals surface area contributed by atoms with Gasteiger partial charge in [0.15, 0.2) is 11.5 Å². The lowest BCUT2D eigenvalue weighted by Gasteiger charge is -2.27. The Hall–Kier alpha value is -2.49. The summed E-state index contributed by atoms with van der Waals surface area (Å²) in [5.41, 5.74) is 1.40. The number of benzene rings is 2. The molecule has 4 nitrogen and oxygen atoms in total. The summed E-state index contributed by atoms with van der Waals surface area (Å²) in [5.74, 6) is -0.695. The summed E-state index contributed by atoms with van der Waals surface area (Å²) in [6, 6.07) is 13.9. The van der Waals surface area contributed by atoms with Crippen LogP contribution in [0.4, 0.5) is 0 Å². The molecule has 0 fully saturated rings. The fourth-order valence-corrected chi connectivity index (χ4v) is 2.09. The van der Waals surface area contributed by atoms with Crippen molar-refractivity contribution in [2.75, 3.05) is 0 Å². The Morgan fingerprint density at radius 1 is 1.05 bits per heavy atom. The predicted molar refractivity (Wildman–Crippen MR) is 81.2 cm³/mol. The fraction of sp³-hybridized carbons (Fsp3) is 0.235. The number of nitrogens with zero attached hydrogens (tertiary/aromatic N) is 1. The second-order valence-corrected chi connectivity index (χ2v) is 5.22. The standard InChI is InChI=1S/C17H19NO3/c1-12(2)18(11-13-6-4-3-5-7-13)17(21)14-8-9-15(19)16(20)10-14/h3-10,12,19-20H,11H2,1-2H3. The van der Waals surface area contributed by atoms with Crippen LogP contribution in [0.5, 0.6) is 11.5 Å². The number of hydrogen-bond acceptors (Lipinski definition) is 3. The molecule has 4 heteroatoms. The molecule has 0 aliphatic rings. The van der Waals surface area contributed by atoms with Gasteiger partial charge in [-0.15, -0.1) is 0 Å². The van der Waals surface area contributed by atoms with Crippen LogP contribution >= 0.6 is 0 Å². The van der Waals surface area contributed by atoms with Gasteiger partial charge in [0, 0.05) is 18.2 Å². The first-order valence-electron chi connectivity index (χ1n) is 6.86. The average Bonchev–Trinajstić information content (AvgIpc) is 2.47. The van der Waals surface area contributed by atoms with Crippen LogP contribution in [-0.4, -0.2) is 27.1 Å². The van der Waals surface area contributed by atoms with E-state index in [2.05, 4.69) is 0 Å². The Kier molecular flexibility index (Phi) is 4.48. The minimum absolute atomic E-state index is 0.0219. The second-order valence-electron chi connectivity index (χ2n) is 5.22. The highest BCUT2D eigenvalue weighted by atomic mass is 16.3. The minimum Gasteiger partial charge on any atom is -0.504 e. The molecule has 2 aromatic rings. The average molecular weight is 285 g/mol. The van der Waals surface area contributed by atoms with E-state index >= 15 is 0 Å². The number of rotatable bonds is 4. The number of aromatic hydroxyl groups is 2. The number of phenols is 2.